The Labute approximate surface area is 169 Å². The van der Waals surface area contributed by atoms with Crippen LogP contribution in [0.25, 0.3) is 10.8 Å². The zero-order valence-corrected chi connectivity index (χ0v) is 15.7. The second-order valence-electron chi connectivity index (χ2n) is 6.50. The number of rotatable bonds is 3. The van der Waals surface area contributed by atoms with Crippen molar-refractivity contribution in [1.29, 1.82) is 0 Å². The van der Waals surface area contributed by atoms with E-state index in [1.807, 2.05) is 0 Å². The van der Waals surface area contributed by atoms with Gasteiger partial charge in [-0.25, -0.2) is 5.10 Å². The van der Waals surface area contributed by atoms with Crippen LogP contribution in [0.1, 0.15) is 16.9 Å². The highest BCUT2D eigenvalue weighted by Gasteiger charge is 2.25. The van der Waals surface area contributed by atoms with Gasteiger partial charge in [-0.3, -0.25) is 34.9 Å². The summed E-state index contributed by atoms with van der Waals surface area (Å²) in [4.78, 5) is 50.4. The van der Waals surface area contributed by atoms with Crippen LogP contribution in [0.15, 0.2) is 53.3 Å². The second kappa shape index (κ2) is 8.03. The molecule has 30 heavy (non-hydrogen) atoms. The van der Waals surface area contributed by atoms with Gasteiger partial charge in [0.05, 0.1) is 24.1 Å². The number of aromatic amines is 1. The van der Waals surface area contributed by atoms with Crippen LogP contribution in [0.4, 0.5) is 5.69 Å². The lowest BCUT2D eigenvalue weighted by atomic mass is 10.1. The van der Waals surface area contributed by atoms with E-state index in [4.69, 9.17) is 4.74 Å². The lowest BCUT2D eigenvalue weighted by Gasteiger charge is -2.21. The van der Waals surface area contributed by atoms with Gasteiger partial charge in [-0.2, -0.15) is 5.10 Å². The number of hydrogen-bond acceptors (Lipinski definition) is 6. The van der Waals surface area contributed by atoms with Gasteiger partial charge < -0.3 is 4.74 Å². The summed E-state index contributed by atoms with van der Waals surface area (Å²) in [6.07, 6.45) is 0.127. The van der Waals surface area contributed by atoms with Crippen molar-refractivity contribution in [3.8, 4) is 5.75 Å². The first-order valence-electron chi connectivity index (χ1n) is 9.13. The third kappa shape index (κ3) is 3.70. The number of amides is 3. The number of nitrogens with zero attached hydrogens (tertiary/aromatic N) is 2. The molecule has 152 valence electrons. The van der Waals surface area contributed by atoms with E-state index in [-0.39, 0.29) is 31.2 Å². The Balaban J connectivity index is 1.47. The highest BCUT2D eigenvalue weighted by molar-refractivity contribution is 6.05. The van der Waals surface area contributed by atoms with Crippen molar-refractivity contribution in [1.82, 2.24) is 21.0 Å². The van der Waals surface area contributed by atoms with Gasteiger partial charge >= 0.3 is 0 Å². The van der Waals surface area contributed by atoms with Gasteiger partial charge in [0.25, 0.3) is 17.4 Å². The third-order valence-corrected chi connectivity index (χ3v) is 4.56. The molecule has 3 amide bonds. The standard InChI is InChI=1S/C20H17N5O5/c26-16(11-25-14-7-3-4-8-15(14)30-10-9-17(25)27)21-24-20(29)18-12-5-1-2-6-13(12)19(28)23-22-18/h1-8H,9-11H2,(H,21,26)(H,23,28)(H,24,29). The molecule has 10 nitrogen and oxygen atoms in total. The van der Waals surface area contributed by atoms with E-state index < -0.39 is 17.4 Å². The molecule has 0 spiro atoms. The van der Waals surface area contributed by atoms with E-state index >= 15 is 0 Å². The minimum atomic E-state index is -0.707. The fraction of sp³-hybridized carbons (Fsp3) is 0.150. The number of benzene rings is 2. The van der Waals surface area contributed by atoms with Crippen LogP contribution in [0, 0.1) is 0 Å². The molecular weight excluding hydrogens is 390 g/mol. The van der Waals surface area contributed by atoms with Crippen LogP contribution >= 0.6 is 0 Å². The Morgan fingerprint density at radius 3 is 2.60 bits per heavy atom. The summed E-state index contributed by atoms with van der Waals surface area (Å²) in [7, 11) is 0. The lowest BCUT2D eigenvalue weighted by Crippen LogP contribution is -2.48. The Hall–Kier alpha value is -4.21. The highest BCUT2D eigenvalue weighted by Crippen LogP contribution is 2.30. The Bertz CT molecular complexity index is 1210. The van der Waals surface area contributed by atoms with Gasteiger partial charge in [0.2, 0.25) is 5.91 Å². The van der Waals surface area contributed by atoms with Gasteiger partial charge in [-0.05, 0) is 18.2 Å². The normalized spacial score (nSPS) is 13.2. The van der Waals surface area contributed by atoms with Crippen LogP contribution in [-0.2, 0) is 9.59 Å². The van der Waals surface area contributed by atoms with E-state index in [9.17, 15) is 19.2 Å². The summed E-state index contributed by atoms with van der Waals surface area (Å²) in [5, 5.41) is 6.68. The minimum absolute atomic E-state index is 0.0462. The molecule has 3 N–H and O–H groups in total. The van der Waals surface area contributed by atoms with Crippen molar-refractivity contribution in [2.24, 2.45) is 0 Å². The fourth-order valence-electron chi connectivity index (χ4n) is 3.15. The molecule has 10 heteroatoms. The average molecular weight is 407 g/mol. The van der Waals surface area contributed by atoms with Crippen molar-refractivity contribution in [2.45, 2.75) is 6.42 Å². The van der Waals surface area contributed by atoms with E-state index in [1.165, 1.54) is 4.90 Å². The summed E-state index contributed by atoms with van der Waals surface area (Å²) in [6.45, 7) is -0.0884. The molecule has 3 aromatic rings. The zero-order chi connectivity index (χ0) is 21.1. The van der Waals surface area contributed by atoms with Gasteiger partial charge in [-0.1, -0.05) is 30.3 Å². The molecule has 0 saturated carbocycles. The molecule has 1 aliphatic rings. The molecule has 4 rings (SSSR count). The number of aromatic nitrogens is 2. The SMILES string of the molecule is O=C(CN1C(=O)CCOc2ccccc21)NNC(=O)c1n[nH]c(=O)c2ccccc12. The summed E-state index contributed by atoms with van der Waals surface area (Å²) in [5.74, 6) is -1.08. The molecule has 0 atom stereocenters. The highest BCUT2D eigenvalue weighted by atomic mass is 16.5. The predicted octanol–water partition coefficient (Wildman–Crippen LogP) is 0.500. The fourth-order valence-corrected chi connectivity index (χ4v) is 3.15. The van der Waals surface area contributed by atoms with E-state index in [1.54, 1.807) is 48.5 Å². The molecule has 0 bridgehead atoms. The van der Waals surface area contributed by atoms with E-state index in [2.05, 4.69) is 21.0 Å². The van der Waals surface area contributed by atoms with E-state index in [0.29, 0.717) is 22.2 Å². The third-order valence-electron chi connectivity index (χ3n) is 4.56. The van der Waals surface area contributed by atoms with Crippen molar-refractivity contribution in [2.75, 3.05) is 18.1 Å². The van der Waals surface area contributed by atoms with Crippen LogP contribution in [0.5, 0.6) is 5.75 Å². The van der Waals surface area contributed by atoms with Crippen LogP contribution < -0.4 is 26.0 Å². The van der Waals surface area contributed by atoms with Crippen molar-refractivity contribution >= 4 is 34.2 Å². The van der Waals surface area contributed by atoms with Crippen LogP contribution in [0.2, 0.25) is 0 Å². The largest absolute Gasteiger partial charge is 0.491 e. The Kier molecular flexibility index (Phi) is 5.12. The quantitative estimate of drug-likeness (QED) is 0.542. The van der Waals surface area contributed by atoms with Crippen molar-refractivity contribution in [3.63, 3.8) is 0 Å². The summed E-state index contributed by atoms with van der Waals surface area (Å²) in [6, 6.07) is 13.4. The topological polar surface area (TPSA) is 133 Å². The van der Waals surface area contributed by atoms with Crippen LogP contribution in [0.3, 0.4) is 0 Å². The Morgan fingerprint density at radius 2 is 1.77 bits per heavy atom. The maximum absolute atomic E-state index is 12.5. The van der Waals surface area contributed by atoms with Gasteiger partial charge in [-0.15, -0.1) is 0 Å². The van der Waals surface area contributed by atoms with Crippen molar-refractivity contribution < 1.29 is 19.1 Å². The van der Waals surface area contributed by atoms with Gasteiger partial charge in [0.1, 0.15) is 12.3 Å². The number of carbonyl (C=O) groups excluding carboxylic acids is 3. The molecule has 0 saturated heterocycles. The lowest BCUT2D eigenvalue weighted by molar-refractivity contribution is -0.124. The predicted molar refractivity (Wildman–Crippen MR) is 107 cm³/mol. The number of hydrogen-bond donors (Lipinski definition) is 3. The summed E-state index contributed by atoms with van der Waals surface area (Å²) < 4.78 is 5.54. The number of ether oxygens (including phenoxy) is 1. The summed E-state index contributed by atoms with van der Waals surface area (Å²) >= 11 is 0. The molecule has 0 unspecified atom stereocenters. The average Bonchev–Trinajstić information content (AvgIpc) is 2.91. The first-order valence-corrected chi connectivity index (χ1v) is 9.13. The second-order valence-corrected chi connectivity index (χ2v) is 6.50. The molecule has 1 aromatic heterocycles. The van der Waals surface area contributed by atoms with Gasteiger partial charge in [0.15, 0.2) is 5.69 Å². The monoisotopic (exact) mass is 407 g/mol. The number of anilines is 1. The van der Waals surface area contributed by atoms with Gasteiger partial charge in [0, 0.05) is 5.39 Å². The molecule has 2 aromatic carbocycles. The molecule has 0 aliphatic carbocycles. The number of fused-ring (bicyclic) bond motifs is 2. The first kappa shape index (κ1) is 19.1. The number of carbonyl (C=O) groups is 3. The molecule has 2 heterocycles. The number of nitrogens with one attached hydrogen (secondary N) is 3. The smallest absolute Gasteiger partial charge is 0.290 e. The molecular formula is C20H17N5O5. The molecule has 1 aliphatic heterocycles. The minimum Gasteiger partial charge on any atom is -0.491 e. The molecule has 0 radical (unpaired) electrons. The number of hydrazine groups is 1. The maximum Gasteiger partial charge on any atom is 0.290 e. The first-order chi connectivity index (χ1) is 14.5. The number of H-pyrrole nitrogens is 1. The Morgan fingerprint density at radius 1 is 1.03 bits per heavy atom. The zero-order valence-electron chi connectivity index (χ0n) is 15.7. The maximum atomic E-state index is 12.5. The van der Waals surface area contributed by atoms with Crippen molar-refractivity contribution in [3.05, 3.63) is 64.6 Å². The summed E-state index contributed by atoms with van der Waals surface area (Å²) in [5.41, 5.74) is 4.55. The van der Waals surface area contributed by atoms with E-state index in [0.717, 1.165) is 0 Å². The van der Waals surface area contributed by atoms with Crippen LogP contribution in [-0.4, -0.2) is 41.1 Å². The molecule has 0 fully saturated rings. The number of para-hydroxylation sites is 2.